The van der Waals surface area contributed by atoms with E-state index in [0.29, 0.717) is 5.75 Å². The lowest BCUT2D eigenvalue weighted by atomic mass is 9.90. The summed E-state index contributed by atoms with van der Waals surface area (Å²) in [5.41, 5.74) is 2.75. The molecule has 0 unspecified atom stereocenters. The van der Waals surface area contributed by atoms with Gasteiger partial charge in [-0.05, 0) is 33.4 Å². The summed E-state index contributed by atoms with van der Waals surface area (Å²) in [6.07, 6.45) is 2.95. The minimum absolute atomic E-state index is 0.713. The number of hydrogen-bond acceptors (Lipinski definition) is 2. The molecule has 4 rings (SSSR count). The van der Waals surface area contributed by atoms with Gasteiger partial charge in [0, 0.05) is 11.3 Å². The zero-order chi connectivity index (χ0) is 18.8. The number of methoxy groups -OCH3 is 2. The quantitative estimate of drug-likeness (QED) is 0.367. The first-order chi connectivity index (χ1) is 13.3. The second kappa shape index (κ2) is 7.12. The molecule has 0 amide bonds. The summed E-state index contributed by atoms with van der Waals surface area (Å²) in [5.74, 6) is 1.51. The molecule has 0 bridgehead atoms. The molecule has 0 atom stereocenters. The molecule has 4 aromatic rings. The number of carbonyl (C=O) groups excluding carboxylic acids is 1. The van der Waals surface area contributed by atoms with Gasteiger partial charge in [0.05, 0.1) is 14.2 Å². The van der Waals surface area contributed by atoms with Crippen LogP contribution in [0.4, 0.5) is 0 Å². The summed E-state index contributed by atoms with van der Waals surface area (Å²) in [5, 5.41) is 4.42. The first kappa shape index (κ1) is 17.1. The number of rotatable bonds is 4. The largest absolute Gasteiger partial charge is 0.553 e. The summed E-state index contributed by atoms with van der Waals surface area (Å²) in [4.78, 5) is 0. The molecule has 134 valence electrons. The van der Waals surface area contributed by atoms with Crippen LogP contribution in [0.2, 0.25) is 0 Å². The van der Waals surface area contributed by atoms with E-state index >= 15 is 0 Å². The van der Waals surface area contributed by atoms with Gasteiger partial charge in [-0.3, -0.25) is 0 Å². The van der Waals surface area contributed by atoms with Gasteiger partial charge in [0.2, 0.25) is 7.11 Å². The zero-order valence-corrected chi connectivity index (χ0v) is 15.6. The van der Waals surface area contributed by atoms with E-state index in [4.69, 9.17) is 13.9 Å². The van der Waals surface area contributed by atoms with Crippen molar-refractivity contribution in [2.45, 2.75) is 0 Å². The summed E-state index contributed by atoms with van der Waals surface area (Å²) in [7, 11) is 4.96. The van der Waals surface area contributed by atoms with Gasteiger partial charge in [0.15, 0.2) is 0 Å². The van der Waals surface area contributed by atoms with E-state index in [-0.39, 0.29) is 0 Å². The number of benzene rings is 4. The van der Waals surface area contributed by atoms with Gasteiger partial charge in [-0.2, -0.15) is 0 Å². The van der Waals surface area contributed by atoms with E-state index < -0.39 is 0 Å². The Morgan fingerprint density at radius 3 is 2.07 bits per heavy atom. The smallest absolute Gasteiger partial charge is 0.293 e. The Hall–Kier alpha value is -3.33. The topological polar surface area (TPSA) is 29.8 Å². The molecule has 0 fully saturated rings. The molecular weight excluding hydrogens is 336 g/mol. The van der Waals surface area contributed by atoms with E-state index in [1.54, 1.807) is 21.3 Å². The van der Waals surface area contributed by atoms with Crippen LogP contribution in [0.1, 0.15) is 5.56 Å². The Morgan fingerprint density at radius 1 is 0.741 bits per heavy atom. The van der Waals surface area contributed by atoms with Crippen LogP contribution in [-0.4, -0.2) is 27.6 Å². The highest BCUT2D eigenvalue weighted by molar-refractivity contribution is 6.12. The lowest BCUT2D eigenvalue weighted by Crippen LogP contribution is -1.99. The maximum atomic E-state index is 5.84. The van der Waals surface area contributed by atoms with Crippen molar-refractivity contribution in [3.8, 4) is 22.6 Å². The van der Waals surface area contributed by atoms with E-state index in [1.165, 1.54) is 0 Å². The van der Waals surface area contributed by atoms with Crippen molar-refractivity contribution in [3.63, 3.8) is 0 Å². The van der Waals surface area contributed by atoms with Gasteiger partial charge < -0.3 is 13.9 Å². The molecule has 0 saturated carbocycles. The Morgan fingerprint density at radius 2 is 1.41 bits per heavy atom. The van der Waals surface area contributed by atoms with Gasteiger partial charge in [-0.1, -0.05) is 60.0 Å². The molecule has 0 N–H and O–H groups in total. The van der Waals surface area contributed by atoms with Crippen LogP contribution in [0.3, 0.4) is 0 Å². The van der Waals surface area contributed by atoms with Crippen molar-refractivity contribution in [1.82, 2.24) is 0 Å². The van der Waals surface area contributed by atoms with Crippen molar-refractivity contribution in [2.75, 3.05) is 21.3 Å². The third kappa shape index (κ3) is 2.81. The number of fused-ring (bicyclic) bond motifs is 2. The summed E-state index contributed by atoms with van der Waals surface area (Å²) in [6, 6.07) is 22.6. The summed E-state index contributed by atoms with van der Waals surface area (Å²) in [6.45, 7) is 0. The van der Waals surface area contributed by atoms with E-state index in [9.17, 15) is 0 Å². The van der Waals surface area contributed by atoms with Crippen LogP contribution < -0.4 is 9.47 Å². The zero-order valence-electron chi connectivity index (χ0n) is 15.6. The standard InChI is InChI=1S/C24H20O3/c1-25-15-18-14-17-9-5-7-11-20(17)23(24(18)27-3)22-19-10-6-4-8-16(19)12-13-21(22)26-2/h4-14H,1-3H3. The van der Waals surface area contributed by atoms with E-state index in [2.05, 4.69) is 36.6 Å². The Balaban J connectivity index is 2.24. The second-order valence-electron chi connectivity index (χ2n) is 6.22. The number of ether oxygens (including phenoxy) is 2. The third-order valence-electron chi connectivity index (χ3n) is 4.78. The molecule has 0 heterocycles. The van der Waals surface area contributed by atoms with E-state index in [1.807, 2.05) is 36.4 Å². The Labute approximate surface area is 158 Å². The average molecular weight is 356 g/mol. The molecule has 0 radical (unpaired) electrons. The number of hydrogen-bond donors (Lipinski definition) is 0. The maximum Gasteiger partial charge on any atom is 0.293 e. The average Bonchev–Trinajstić information content (AvgIpc) is 2.72. The van der Waals surface area contributed by atoms with Crippen molar-refractivity contribution in [3.05, 3.63) is 72.3 Å². The lowest BCUT2D eigenvalue weighted by molar-refractivity contribution is 0.185. The van der Waals surface area contributed by atoms with Gasteiger partial charge in [0.1, 0.15) is 5.75 Å². The molecule has 0 aliphatic heterocycles. The summed E-state index contributed by atoms with van der Waals surface area (Å²) < 4.78 is 16.8. The van der Waals surface area contributed by atoms with Crippen LogP contribution in [0.5, 0.6) is 11.5 Å². The molecule has 0 aliphatic carbocycles. The van der Waals surface area contributed by atoms with Crippen molar-refractivity contribution < 1.29 is 13.9 Å². The normalized spacial score (nSPS) is 11.4. The third-order valence-corrected chi connectivity index (χ3v) is 4.78. The van der Waals surface area contributed by atoms with Gasteiger partial charge in [-0.15, -0.1) is 6.07 Å². The van der Waals surface area contributed by atoms with Gasteiger partial charge in [0.25, 0.3) is 6.29 Å². The van der Waals surface area contributed by atoms with Gasteiger partial charge >= 0.3 is 0 Å². The fraction of sp³-hybridized carbons (Fsp3) is 0.125. The molecule has 0 aromatic heterocycles. The highest BCUT2D eigenvalue weighted by atomic mass is 16.5. The molecule has 3 nitrogen and oxygen atoms in total. The van der Waals surface area contributed by atoms with Crippen LogP contribution in [0.25, 0.3) is 32.7 Å². The first-order valence-corrected chi connectivity index (χ1v) is 8.73. The minimum atomic E-state index is 0.713. The molecule has 27 heavy (non-hydrogen) atoms. The molecule has 3 heteroatoms. The fourth-order valence-corrected chi connectivity index (χ4v) is 3.65. The van der Waals surface area contributed by atoms with Crippen LogP contribution in [0.15, 0.2) is 66.7 Å². The van der Waals surface area contributed by atoms with Crippen LogP contribution in [0, 0.1) is 0 Å². The SMILES string of the molecule is COc1ccc2ccccc2c1-c1c(OC)c([C-]=[O+]C)cc2ccccc12. The van der Waals surface area contributed by atoms with Crippen LogP contribution in [-0.2, 0) is 4.42 Å². The highest BCUT2D eigenvalue weighted by Gasteiger charge is 2.17. The monoisotopic (exact) mass is 356 g/mol. The highest BCUT2D eigenvalue weighted by Crippen LogP contribution is 2.46. The molecule has 0 saturated heterocycles. The second-order valence-corrected chi connectivity index (χ2v) is 6.22. The van der Waals surface area contributed by atoms with Crippen molar-refractivity contribution in [1.29, 1.82) is 0 Å². The minimum Gasteiger partial charge on any atom is -0.553 e. The Kier molecular flexibility index (Phi) is 4.51. The van der Waals surface area contributed by atoms with Gasteiger partial charge in [-0.25, -0.2) is 0 Å². The van der Waals surface area contributed by atoms with Crippen LogP contribution >= 0.6 is 0 Å². The lowest BCUT2D eigenvalue weighted by Gasteiger charge is -2.23. The van der Waals surface area contributed by atoms with E-state index in [0.717, 1.165) is 44.0 Å². The fourth-order valence-electron chi connectivity index (χ4n) is 3.65. The van der Waals surface area contributed by atoms with Crippen molar-refractivity contribution >= 4 is 27.8 Å². The molecule has 4 aromatic carbocycles. The molecule has 0 aliphatic rings. The Bertz CT molecular complexity index is 1160. The van der Waals surface area contributed by atoms with Crippen molar-refractivity contribution in [2.24, 2.45) is 0 Å². The molecule has 0 spiro atoms. The predicted octanol–water partition coefficient (Wildman–Crippen LogP) is 5.30. The summed E-state index contributed by atoms with van der Waals surface area (Å²) >= 11 is 0. The maximum absolute atomic E-state index is 5.84. The predicted molar refractivity (Wildman–Crippen MR) is 111 cm³/mol. The molecular formula is C24H20O3. The first-order valence-electron chi connectivity index (χ1n) is 8.73.